The molecule has 0 radical (unpaired) electrons. The van der Waals surface area contributed by atoms with Gasteiger partial charge in [0.2, 0.25) is 21.8 Å². The molecule has 0 aromatic heterocycles. The van der Waals surface area contributed by atoms with Gasteiger partial charge in [0.25, 0.3) is 0 Å². The fraction of sp³-hybridized carbons (Fsp3) is 0.440. The number of nitrogens with one attached hydrogen (secondary N) is 1. The lowest BCUT2D eigenvalue weighted by Gasteiger charge is -2.33. The first-order chi connectivity index (χ1) is 17.2. The van der Waals surface area contributed by atoms with Crippen molar-refractivity contribution < 1.29 is 35.9 Å². The van der Waals surface area contributed by atoms with E-state index in [0.717, 1.165) is 18.4 Å². The number of methoxy groups -OCH3 is 1. The van der Waals surface area contributed by atoms with Crippen molar-refractivity contribution in [3.8, 4) is 5.75 Å². The molecule has 0 aliphatic heterocycles. The first kappa shape index (κ1) is 29.9. The van der Waals surface area contributed by atoms with Crippen LogP contribution in [0, 0.1) is 0 Å². The third kappa shape index (κ3) is 8.38. The van der Waals surface area contributed by atoms with E-state index in [-0.39, 0.29) is 24.7 Å². The largest absolute Gasteiger partial charge is 0.497 e. The van der Waals surface area contributed by atoms with Crippen molar-refractivity contribution in [1.82, 2.24) is 10.2 Å². The van der Waals surface area contributed by atoms with E-state index in [2.05, 4.69) is 5.32 Å². The number of ether oxygens (including phenoxy) is 1. The molecule has 2 rings (SSSR count). The number of anilines is 1. The van der Waals surface area contributed by atoms with Gasteiger partial charge in [0.15, 0.2) is 0 Å². The number of carbonyl (C=O) groups excluding carboxylic acids is 2. The van der Waals surface area contributed by atoms with E-state index in [1.54, 1.807) is 45.0 Å². The van der Waals surface area contributed by atoms with Gasteiger partial charge in [-0.3, -0.25) is 13.9 Å². The van der Waals surface area contributed by atoms with Crippen LogP contribution >= 0.6 is 0 Å². The quantitative estimate of drug-likeness (QED) is 0.465. The molecule has 0 aliphatic carbocycles. The van der Waals surface area contributed by atoms with E-state index in [1.807, 2.05) is 0 Å². The minimum absolute atomic E-state index is 0.0347. The zero-order valence-electron chi connectivity index (χ0n) is 21.4. The summed E-state index contributed by atoms with van der Waals surface area (Å²) >= 11 is 0. The summed E-state index contributed by atoms with van der Waals surface area (Å²) in [6.45, 7) is 4.41. The third-order valence-electron chi connectivity index (χ3n) is 5.47. The Morgan fingerprint density at radius 1 is 1.08 bits per heavy atom. The van der Waals surface area contributed by atoms with Crippen LogP contribution in [0.25, 0.3) is 0 Å². The minimum atomic E-state index is -4.70. The number of carbonyl (C=O) groups is 2. The number of amides is 2. The Hall–Kier alpha value is -3.28. The highest BCUT2D eigenvalue weighted by Crippen LogP contribution is 2.32. The molecule has 2 aromatic carbocycles. The monoisotopic (exact) mass is 543 g/mol. The van der Waals surface area contributed by atoms with Crippen molar-refractivity contribution in [2.75, 3.05) is 24.2 Å². The molecule has 2 amide bonds. The van der Waals surface area contributed by atoms with Gasteiger partial charge >= 0.3 is 6.18 Å². The molecule has 0 saturated carbocycles. The van der Waals surface area contributed by atoms with E-state index >= 15 is 0 Å². The predicted octanol–water partition coefficient (Wildman–Crippen LogP) is 3.81. The Labute approximate surface area is 215 Å². The van der Waals surface area contributed by atoms with Crippen LogP contribution in [0.2, 0.25) is 0 Å². The van der Waals surface area contributed by atoms with Crippen LogP contribution in [-0.2, 0) is 32.3 Å². The number of sulfonamides is 1. The average molecular weight is 544 g/mol. The molecular formula is C25H32F3N3O5S. The molecule has 0 unspecified atom stereocenters. The number of hydrogen-bond acceptors (Lipinski definition) is 5. The van der Waals surface area contributed by atoms with Crippen molar-refractivity contribution in [1.29, 1.82) is 0 Å². The van der Waals surface area contributed by atoms with Crippen LogP contribution in [-0.4, -0.2) is 57.1 Å². The molecule has 0 spiro atoms. The standard InChI is InChI=1S/C25H32F3N3O5S/c1-6-22(24(33)29-17(2)3)30(15-18-10-12-21(36-4)13-11-18)23(32)16-31(37(5,34)35)20-9-7-8-19(14-20)25(26,27)28/h7-14,17,22H,6,15-16H2,1-5H3,(H,29,33)/t22-/m0/s1. The molecule has 1 N–H and O–H groups in total. The summed E-state index contributed by atoms with van der Waals surface area (Å²) < 4.78 is 70.7. The number of benzene rings is 2. The molecule has 1 atom stereocenters. The molecule has 12 heteroatoms. The Morgan fingerprint density at radius 3 is 2.19 bits per heavy atom. The SMILES string of the molecule is CC[C@@H](C(=O)NC(C)C)N(Cc1ccc(OC)cc1)C(=O)CN(c1cccc(C(F)(F)F)c1)S(C)(=O)=O. The maximum absolute atomic E-state index is 13.6. The lowest BCUT2D eigenvalue weighted by atomic mass is 10.1. The Bertz CT molecular complexity index is 1180. The van der Waals surface area contributed by atoms with Gasteiger partial charge in [-0.05, 0) is 56.2 Å². The van der Waals surface area contributed by atoms with E-state index in [1.165, 1.54) is 18.1 Å². The molecule has 37 heavy (non-hydrogen) atoms. The van der Waals surface area contributed by atoms with Gasteiger partial charge in [-0.1, -0.05) is 25.1 Å². The van der Waals surface area contributed by atoms with E-state index in [0.29, 0.717) is 21.7 Å². The zero-order valence-corrected chi connectivity index (χ0v) is 22.2. The normalized spacial score (nSPS) is 12.7. The van der Waals surface area contributed by atoms with Gasteiger partial charge in [0.1, 0.15) is 18.3 Å². The van der Waals surface area contributed by atoms with E-state index in [4.69, 9.17) is 4.74 Å². The summed E-state index contributed by atoms with van der Waals surface area (Å²) in [5, 5.41) is 2.76. The molecular weight excluding hydrogens is 511 g/mol. The Kier molecular flexibility index (Phi) is 9.96. The highest BCUT2D eigenvalue weighted by Gasteiger charge is 2.34. The fourth-order valence-electron chi connectivity index (χ4n) is 3.68. The van der Waals surface area contributed by atoms with Crippen LogP contribution < -0.4 is 14.4 Å². The summed E-state index contributed by atoms with van der Waals surface area (Å²) in [6, 6.07) is 9.34. The fourth-order valence-corrected chi connectivity index (χ4v) is 4.52. The number of hydrogen-bond donors (Lipinski definition) is 1. The first-order valence-electron chi connectivity index (χ1n) is 11.5. The van der Waals surface area contributed by atoms with Crippen molar-refractivity contribution in [3.05, 3.63) is 59.7 Å². The highest BCUT2D eigenvalue weighted by molar-refractivity contribution is 7.92. The number of halogens is 3. The first-order valence-corrected chi connectivity index (χ1v) is 13.4. The van der Waals surface area contributed by atoms with Gasteiger partial charge in [-0.15, -0.1) is 0 Å². The summed E-state index contributed by atoms with van der Waals surface area (Å²) in [6.07, 6.45) is -3.67. The number of nitrogens with zero attached hydrogens (tertiary/aromatic N) is 2. The lowest BCUT2D eigenvalue weighted by Crippen LogP contribution is -2.53. The second-order valence-corrected chi connectivity index (χ2v) is 10.7. The van der Waals surface area contributed by atoms with Gasteiger partial charge < -0.3 is 15.0 Å². The predicted molar refractivity (Wildman–Crippen MR) is 135 cm³/mol. The Balaban J connectivity index is 2.48. The molecule has 0 bridgehead atoms. The molecule has 0 fully saturated rings. The van der Waals surface area contributed by atoms with Crippen LogP contribution in [0.3, 0.4) is 0 Å². The van der Waals surface area contributed by atoms with E-state index in [9.17, 15) is 31.2 Å². The summed E-state index contributed by atoms with van der Waals surface area (Å²) in [5.41, 5.74) is -0.714. The third-order valence-corrected chi connectivity index (χ3v) is 6.61. The maximum Gasteiger partial charge on any atom is 0.416 e. The van der Waals surface area contributed by atoms with Crippen LogP contribution in [0.5, 0.6) is 5.75 Å². The minimum Gasteiger partial charge on any atom is -0.497 e. The molecule has 0 heterocycles. The van der Waals surface area contributed by atoms with Crippen LogP contribution in [0.1, 0.15) is 38.3 Å². The Morgan fingerprint density at radius 2 is 1.70 bits per heavy atom. The number of alkyl halides is 3. The van der Waals surface area contributed by atoms with Crippen molar-refractivity contribution >= 4 is 27.5 Å². The maximum atomic E-state index is 13.6. The van der Waals surface area contributed by atoms with Gasteiger partial charge in [-0.2, -0.15) is 13.2 Å². The van der Waals surface area contributed by atoms with Gasteiger partial charge in [0.05, 0.1) is 24.6 Å². The van der Waals surface area contributed by atoms with Crippen molar-refractivity contribution in [3.63, 3.8) is 0 Å². The summed E-state index contributed by atoms with van der Waals surface area (Å²) in [5.74, 6) is -0.590. The van der Waals surface area contributed by atoms with Crippen molar-refractivity contribution in [2.45, 2.75) is 52.0 Å². The van der Waals surface area contributed by atoms with Gasteiger partial charge in [-0.25, -0.2) is 8.42 Å². The van der Waals surface area contributed by atoms with Crippen molar-refractivity contribution in [2.24, 2.45) is 0 Å². The van der Waals surface area contributed by atoms with Crippen LogP contribution in [0.4, 0.5) is 18.9 Å². The zero-order chi connectivity index (χ0) is 28.0. The molecule has 8 nitrogen and oxygen atoms in total. The van der Waals surface area contributed by atoms with Crippen LogP contribution in [0.15, 0.2) is 48.5 Å². The second kappa shape index (κ2) is 12.3. The molecule has 0 saturated heterocycles. The highest BCUT2D eigenvalue weighted by atomic mass is 32.2. The topological polar surface area (TPSA) is 96.0 Å². The van der Waals surface area contributed by atoms with Gasteiger partial charge in [0, 0.05) is 12.6 Å². The molecule has 204 valence electrons. The number of rotatable bonds is 11. The summed E-state index contributed by atoms with van der Waals surface area (Å²) in [7, 11) is -2.66. The lowest BCUT2D eigenvalue weighted by molar-refractivity contribution is -0.140. The van der Waals surface area contributed by atoms with E-state index < -0.39 is 46.2 Å². The second-order valence-electron chi connectivity index (χ2n) is 8.77. The molecule has 2 aromatic rings. The average Bonchev–Trinajstić information content (AvgIpc) is 2.81. The summed E-state index contributed by atoms with van der Waals surface area (Å²) in [4.78, 5) is 27.8. The molecule has 0 aliphatic rings. The smallest absolute Gasteiger partial charge is 0.416 e.